The number of alkyl halides is 2. The first-order chi connectivity index (χ1) is 11.1. The SMILES string of the molecule is Nc1nc(NCc2ccc(C(F)F)cc2)cc(-n2cccn2)n1. The van der Waals surface area contributed by atoms with Crippen LogP contribution in [0.1, 0.15) is 17.6 Å². The maximum atomic E-state index is 12.5. The van der Waals surface area contributed by atoms with Gasteiger partial charge in [-0.1, -0.05) is 24.3 Å². The van der Waals surface area contributed by atoms with Crippen LogP contribution in [-0.2, 0) is 6.54 Å². The third kappa shape index (κ3) is 3.60. The van der Waals surface area contributed by atoms with Crippen LogP contribution in [0, 0.1) is 0 Å². The minimum atomic E-state index is -2.46. The Kier molecular flexibility index (Phi) is 4.13. The summed E-state index contributed by atoms with van der Waals surface area (Å²) in [6, 6.07) is 9.59. The molecule has 0 aliphatic rings. The molecule has 6 nitrogen and oxygen atoms in total. The van der Waals surface area contributed by atoms with E-state index in [1.165, 1.54) is 12.1 Å². The van der Waals surface area contributed by atoms with Crippen LogP contribution in [0.5, 0.6) is 0 Å². The van der Waals surface area contributed by atoms with E-state index in [1.54, 1.807) is 41.3 Å². The predicted octanol–water partition coefficient (Wildman–Crippen LogP) is 2.79. The van der Waals surface area contributed by atoms with Gasteiger partial charge < -0.3 is 11.1 Å². The minimum Gasteiger partial charge on any atom is -0.368 e. The van der Waals surface area contributed by atoms with Gasteiger partial charge in [-0.15, -0.1) is 0 Å². The molecule has 0 bridgehead atoms. The normalized spacial score (nSPS) is 10.9. The highest BCUT2D eigenvalue weighted by molar-refractivity contribution is 5.46. The molecule has 118 valence electrons. The minimum absolute atomic E-state index is 0.000925. The zero-order valence-corrected chi connectivity index (χ0v) is 12.0. The largest absolute Gasteiger partial charge is 0.368 e. The molecule has 0 saturated heterocycles. The lowest BCUT2D eigenvalue weighted by Crippen LogP contribution is -2.08. The van der Waals surface area contributed by atoms with E-state index in [4.69, 9.17) is 5.73 Å². The fourth-order valence-electron chi connectivity index (χ4n) is 2.04. The van der Waals surface area contributed by atoms with Crippen molar-refractivity contribution in [3.63, 3.8) is 0 Å². The molecule has 0 unspecified atom stereocenters. The average molecular weight is 316 g/mol. The molecule has 0 fully saturated rings. The van der Waals surface area contributed by atoms with Gasteiger partial charge in [-0.2, -0.15) is 15.1 Å². The van der Waals surface area contributed by atoms with E-state index < -0.39 is 6.43 Å². The summed E-state index contributed by atoms with van der Waals surface area (Å²) >= 11 is 0. The van der Waals surface area contributed by atoms with Gasteiger partial charge in [0, 0.05) is 30.6 Å². The van der Waals surface area contributed by atoms with Gasteiger partial charge in [-0.3, -0.25) is 0 Å². The first-order valence-corrected chi connectivity index (χ1v) is 6.87. The predicted molar refractivity (Wildman–Crippen MR) is 82.3 cm³/mol. The lowest BCUT2D eigenvalue weighted by Gasteiger charge is -2.09. The zero-order chi connectivity index (χ0) is 16.2. The van der Waals surface area contributed by atoms with Crippen molar-refractivity contribution < 1.29 is 8.78 Å². The van der Waals surface area contributed by atoms with Gasteiger partial charge in [0.2, 0.25) is 5.95 Å². The molecule has 0 aliphatic carbocycles. The van der Waals surface area contributed by atoms with Gasteiger partial charge in [0.1, 0.15) is 5.82 Å². The first kappa shape index (κ1) is 14.9. The number of rotatable bonds is 5. The van der Waals surface area contributed by atoms with Crippen molar-refractivity contribution in [3.05, 3.63) is 59.9 Å². The molecule has 0 spiro atoms. The Morgan fingerprint density at radius 1 is 1.17 bits per heavy atom. The number of aromatic nitrogens is 4. The molecule has 0 radical (unpaired) electrons. The second kappa shape index (κ2) is 6.39. The number of hydrogen-bond acceptors (Lipinski definition) is 5. The zero-order valence-electron chi connectivity index (χ0n) is 12.0. The van der Waals surface area contributed by atoms with Crippen LogP contribution in [0.25, 0.3) is 5.82 Å². The van der Waals surface area contributed by atoms with E-state index >= 15 is 0 Å². The average Bonchev–Trinajstić information content (AvgIpc) is 3.07. The van der Waals surface area contributed by atoms with Crippen LogP contribution in [0.15, 0.2) is 48.8 Å². The number of nitrogens with two attached hydrogens (primary N) is 1. The number of nitrogens with zero attached hydrogens (tertiary/aromatic N) is 4. The molecular formula is C15H14F2N6. The van der Waals surface area contributed by atoms with Crippen molar-refractivity contribution in [2.45, 2.75) is 13.0 Å². The van der Waals surface area contributed by atoms with Crippen LogP contribution >= 0.6 is 0 Å². The Hall–Kier alpha value is -3.03. The summed E-state index contributed by atoms with van der Waals surface area (Å²) < 4.78 is 26.6. The number of hydrogen-bond donors (Lipinski definition) is 2. The van der Waals surface area contributed by atoms with E-state index in [0.29, 0.717) is 18.2 Å². The third-order valence-corrected chi connectivity index (χ3v) is 3.17. The fourth-order valence-corrected chi connectivity index (χ4v) is 2.04. The summed E-state index contributed by atoms with van der Waals surface area (Å²) in [5, 5.41) is 7.18. The van der Waals surface area contributed by atoms with Crippen molar-refractivity contribution in [1.82, 2.24) is 19.7 Å². The molecular weight excluding hydrogens is 302 g/mol. The Bertz CT molecular complexity index is 771. The molecule has 0 atom stereocenters. The summed E-state index contributed by atoms with van der Waals surface area (Å²) in [4.78, 5) is 8.21. The summed E-state index contributed by atoms with van der Waals surface area (Å²) in [5.41, 5.74) is 6.56. The fraction of sp³-hybridized carbons (Fsp3) is 0.133. The maximum Gasteiger partial charge on any atom is 0.263 e. The molecule has 1 aromatic carbocycles. The van der Waals surface area contributed by atoms with Crippen molar-refractivity contribution in [1.29, 1.82) is 0 Å². The lowest BCUT2D eigenvalue weighted by molar-refractivity contribution is 0.151. The van der Waals surface area contributed by atoms with E-state index in [-0.39, 0.29) is 11.5 Å². The molecule has 2 aromatic heterocycles. The monoisotopic (exact) mass is 316 g/mol. The summed E-state index contributed by atoms with van der Waals surface area (Å²) in [6.07, 6.45) is 0.917. The Morgan fingerprint density at radius 3 is 2.61 bits per heavy atom. The summed E-state index contributed by atoms with van der Waals surface area (Å²) in [6.45, 7) is 0.429. The Labute approximate surface area is 131 Å². The van der Waals surface area contributed by atoms with Crippen LogP contribution in [0.3, 0.4) is 0 Å². The van der Waals surface area contributed by atoms with Crippen molar-refractivity contribution in [3.8, 4) is 5.82 Å². The number of nitrogens with one attached hydrogen (secondary N) is 1. The Morgan fingerprint density at radius 2 is 1.96 bits per heavy atom. The highest BCUT2D eigenvalue weighted by Gasteiger charge is 2.07. The second-order valence-electron chi connectivity index (χ2n) is 4.82. The van der Waals surface area contributed by atoms with Gasteiger partial charge in [-0.05, 0) is 11.6 Å². The van der Waals surface area contributed by atoms with E-state index in [9.17, 15) is 8.78 Å². The molecule has 0 amide bonds. The van der Waals surface area contributed by atoms with Gasteiger partial charge in [0.25, 0.3) is 6.43 Å². The smallest absolute Gasteiger partial charge is 0.263 e. The third-order valence-electron chi connectivity index (χ3n) is 3.17. The molecule has 0 saturated carbocycles. The van der Waals surface area contributed by atoms with E-state index in [2.05, 4.69) is 20.4 Å². The highest BCUT2D eigenvalue weighted by atomic mass is 19.3. The lowest BCUT2D eigenvalue weighted by atomic mass is 10.1. The Balaban J connectivity index is 1.73. The molecule has 3 N–H and O–H groups in total. The van der Waals surface area contributed by atoms with Crippen molar-refractivity contribution in [2.24, 2.45) is 0 Å². The van der Waals surface area contributed by atoms with Gasteiger partial charge in [-0.25, -0.2) is 13.5 Å². The van der Waals surface area contributed by atoms with E-state index in [0.717, 1.165) is 5.56 Å². The quantitative estimate of drug-likeness (QED) is 0.756. The van der Waals surface area contributed by atoms with Crippen molar-refractivity contribution >= 4 is 11.8 Å². The van der Waals surface area contributed by atoms with E-state index in [1.807, 2.05) is 0 Å². The van der Waals surface area contributed by atoms with Crippen molar-refractivity contribution in [2.75, 3.05) is 11.1 Å². The van der Waals surface area contributed by atoms with Gasteiger partial charge in [0.15, 0.2) is 5.82 Å². The first-order valence-electron chi connectivity index (χ1n) is 6.87. The van der Waals surface area contributed by atoms with Crippen LogP contribution in [-0.4, -0.2) is 19.7 Å². The number of anilines is 2. The molecule has 8 heteroatoms. The summed E-state index contributed by atoms with van der Waals surface area (Å²) in [5.74, 6) is 1.19. The number of nitrogen functional groups attached to an aromatic ring is 1. The highest BCUT2D eigenvalue weighted by Crippen LogP contribution is 2.19. The van der Waals surface area contributed by atoms with Crippen LogP contribution in [0.4, 0.5) is 20.5 Å². The van der Waals surface area contributed by atoms with Gasteiger partial charge in [0.05, 0.1) is 0 Å². The second-order valence-corrected chi connectivity index (χ2v) is 4.82. The molecule has 0 aliphatic heterocycles. The maximum absolute atomic E-state index is 12.5. The van der Waals surface area contributed by atoms with Crippen LogP contribution < -0.4 is 11.1 Å². The topological polar surface area (TPSA) is 81.6 Å². The molecule has 23 heavy (non-hydrogen) atoms. The number of benzene rings is 1. The molecule has 3 aromatic rings. The van der Waals surface area contributed by atoms with Gasteiger partial charge >= 0.3 is 0 Å². The molecule has 3 rings (SSSR count). The number of halogens is 2. The standard InChI is InChI=1S/C15H14F2N6/c16-14(17)11-4-2-10(3-5-11)9-19-12-8-13(22-15(18)21-12)23-7-1-6-20-23/h1-8,14H,9H2,(H3,18,19,21,22). The van der Waals surface area contributed by atoms with Crippen LogP contribution in [0.2, 0.25) is 0 Å². The molecule has 2 heterocycles. The summed E-state index contributed by atoms with van der Waals surface area (Å²) in [7, 11) is 0.